The molecule has 66 valence electrons. The molecule has 1 fully saturated rings. The molecule has 0 radical (unpaired) electrons. The maximum Gasteiger partial charge on any atom is 0.0490 e. The van der Waals surface area contributed by atoms with E-state index in [-0.39, 0.29) is 0 Å². The van der Waals surface area contributed by atoms with Crippen LogP contribution < -0.4 is 0 Å². The first kappa shape index (κ1) is 7.80. The molecule has 1 aromatic rings. The van der Waals surface area contributed by atoms with E-state index in [9.17, 15) is 0 Å². The second-order valence-electron chi connectivity index (χ2n) is 3.61. The summed E-state index contributed by atoms with van der Waals surface area (Å²) in [5.41, 5.74) is 1.29. The van der Waals surface area contributed by atoms with Crippen LogP contribution in [0.15, 0.2) is 12.3 Å². The van der Waals surface area contributed by atoms with Gasteiger partial charge in [0.1, 0.15) is 0 Å². The summed E-state index contributed by atoms with van der Waals surface area (Å²) in [4.78, 5) is 2.38. The first-order valence-electron chi connectivity index (χ1n) is 4.54. The Hall–Kier alpha value is -0.830. The highest BCUT2D eigenvalue weighted by Crippen LogP contribution is 2.23. The lowest BCUT2D eigenvalue weighted by molar-refractivity contribution is 0.248. The molecular formula is C9H15N3. The van der Waals surface area contributed by atoms with Crippen LogP contribution in [0.4, 0.5) is 0 Å². The average molecular weight is 165 g/mol. The van der Waals surface area contributed by atoms with Gasteiger partial charge in [0.2, 0.25) is 0 Å². The first-order chi connectivity index (χ1) is 5.86. The van der Waals surface area contributed by atoms with Crippen molar-refractivity contribution in [2.45, 2.75) is 18.8 Å². The van der Waals surface area contributed by atoms with Gasteiger partial charge in [0.25, 0.3) is 0 Å². The SMILES string of the molecule is CN1CCC[C@@H](c2ccn[nH]2)C1. The van der Waals surface area contributed by atoms with E-state index in [1.54, 1.807) is 0 Å². The maximum absolute atomic E-state index is 3.98. The van der Waals surface area contributed by atoms with E-state index in [4.69, 9.17) is 0 Å². The van der Waals surface area contributed by atoms with Crippen LogP contribution in [0, 0.1) is 0 Å². The van der Waals surface area contributed by atoms with Crippen molar-refractivity contribution >= 4 is 0 Å². The van der Waals surface area contributed by atoms with Gasteiger partial charge in [-0.25, -0.2) is 0 Å². The van der Waals surface area contributed by atoms with Crippen LogP contribution in [0.2, 0.25) is 0 Å². The van der Waals surface area contributed by atoms with E-state index in [2.05, 4.69) is 28.2 Å². The van der Waals surface area contributed by atoms with Gasteiger partial charge in [-0.15, -0.1) is 0 Å². The summed E-state index contributed by atoms with van der Waals surface area (Å²) in [6.07, 6.45) is 4.44. The zero-order valence-electron chi connectivity index (χ0n) is 7.45. The standard InChI is InChI=1S/C9H15N3/c1-12-6-2-3-8(7-12)9-4-5-10-11-9/h4-5,8H,2-3,6-7H2,1H3,(H,10,11)/t8-/m1/s1. The highest BCUT2D eigenvalue weighted by molar-refractivity contribution is 5.07. The summed E-state index contributed by atoms with van der Waals surface area (Å²) >= 11 is 0. The smallest absolute Gasteiger partial charge is 0.0490 e. The summed E-state index contributed by atoms with van der Waals surface area (Å²) < 4.78 is 0. The molecule has 1 atom stereocenters. The predicted octanol–water partition coefficient (Wildman–Crippen LogP) is 1.22. The van der Waals surface area contributed by atoms with Crippen molar-refractivity contribution in [3.8, 4) is 0 Å². The van der Waals surface area contributed by atoms with Crippen LogP contribution >= 0.6 is 0 Å². The second kappa shape index (κ2) is 3.27. The summed E-state index contributed by atoms with van der Waals surface area (Å²) in [6.45, 7) is 2.41. The monoisotopic (exact) mass is 165 g/mol. The van der Waals surface area contributed by atoms with E-state index >= 15 is 0 Å². The fourth-order valence-electron chi connectivity index (χ4n) is 1.91. The summed E-state index contributed by atoms with van der Waals surface area (Å²) in [7, 11) is 2.18. The van der Waals surface area contributed by atoms with E-state index in [1.165, 1.54) is 31.6 Å². The molecule has 1 aliphatic rings. The third-order valence-corrected chi connectivity index (χ3v) is 2.59. The Morgan fingerprint density at radius 1 is 1.67 bits per heavy atom. The number of likely N-dealkylation sites (N-methyl/N-ethyl adjacent to an activating group) is 1. The largest absolute Gasteiger partial charge is 0.306 e. The molecule has 2 rings (SSSR count). The van der Waals surface area contributed by atoms with Gasteiger partial charge < -0.3 is 4.90 Å². The molecule has 12 heavy (non-hydrogen) atoms. The molecule has 3 heteroatoms. The Bertz CT molecular complexity index is 230. The fraction of sp³-hybridized carbons (Fsp3) is 0.667. The van der Waals surface area contributed by atoms with Gasteiger partial charge in [-0.2, -0.15) is 5.10 Å². The van der Waals surface area contributed by atoms with Gasteiger partial charge in [-0.1, -0.05) is 0 Å². The van der Waals surface area contributed by atoms with Crippen LogP contribution in [0.5, 0.6) is 0 Å². The summed E-state index contributed by atoms with van der Waals surface area (Å²) in [5.74, 6) is 0.672. The van der Waals surface area contributed by atoms with E-state index in [0.29, 0.717) is 5.92 Å². The van der Waals surface area contributed by atoms with Crippen LogP contribution in [0.1, 0.15) is 24.5 Å². The number of likely N-dealkylation sites (tertiary alicyclic amines) is 1. The Balaban J connectivity index is 2.04. The van der Waals surface area contributed by atoms with Crippen LogP contribution in [0.3, 0.4) is 0 Å². The van der Waals surface area contributed by atoms with Gasteiger partial charge in [-0.05, 0) is 32.5 Å². The first-order valence-corrected chi connectivity index (χ1v) is 4.54. The zero-order chi connectivity index (χ0) is 8.39. The molecule has 0 aromatic carbocycles. The number of rotatable bonds is 1. The van der Waals surface area contributed by atoms with Crippen molar-refractivity contribution in [2.75, 3.05) is 20.1 Å². The van der Waals surface area contributed by atoms with Gasteiger partial charge in [0.15, 0.2) is 0 Å². The van der Waals surface area contributed by atoms with E-state index < -0.39 is 0 Å². The Morgan fingerprint density at radius 2 is 2.58 bits per heavy atom. The number of nitrogens with one attached hydrogen (secondary N) is 1. The molecule has 0 unspecified atom stereocenters. The van der Waals surface area contributed by atoms with Crippen molar-refractivity contribution in [1.29, 1.82) is 0 Å². The topological polar surface area (TPSA) is 31.9 Å². The molecule has 1 saturated heterocycles. The lowest BCUT2D eigenvalue weighted by atomic mass is 9.95. The van der Waals surface area contributed by atoms with Gasteiger partial charge in [0, 0.05) is 24.4 Å². The lowest BCUT2D eigenvalue weighted by Gasteiger charge is -2.28. The molecule has 0 aliphatic carbocycles. The van der Waals surface area contributed by atoms with Crippen LogP contribution in [0.25, 0.3) is 0 Å². The molecule has 3 nitrogen and oxygen atoms in total. The molecule has 1 aliphatic heterocycles. The number of hydrogen-bond acceptors (Lipinski definition) is 2. The maximum atomic E-state index is 3.98. The molecule has 0 bridgehead atoms. The molecule has 1 N–H and O–H groups in total. The van der Waals surface area contributed by atoms with Crippen molar-refractivity contribution in [1.82, 2.24) is 15.1 Å². The third-order valence-electron chi connectivity index (χ3n) is 2.59. The van der Waals surface area contributed by atoms with Gasteiger partial charge in [-0.3, -0.25) is 5.10 Å². The normalized spacial score (nSPS) is 25.9. The fourth-order valence-corrected chi connectivity index (χ4v) is 1.91. The second-order valence-corrected chi connectivity index (χ2v) is 3.61. The number of hydrogen-bond donors (Lipinski definition) is 1. The number of nitrogens with zero attached hydrogens (tertiary/aromatic N) is 2. The number of aromatic nitrogens is 2. The molecule has 0 saturated carbocycles. The van der Waals surface area contributed by atoms with Crippen LogP contribution in [-0.4, -0.2) is 35.2 Å². The minimum absolute atomic E-state index is 0.672. The van der Waals surface area contributed by atoms with Gasteiger partial charge in [0.05, 0.1) is 0 Å². The quantitative estimate of drug-likeness (QED) is 0.678. The highest BCUT2D eigenvalue weighted by Gasteiger charge is 2.19. The predicted molar refractivity (Wildman–Crippen MR) is 48.1 cm³/mol. The van der Waals surface area contributed by atoms with Gasteiger partial charge >= 0.3 is 0 Å². The molecule has 1 aromatic heterocycles. The number of aromatic amines is 1. The van der Waals surface area contributed by atoms with Crippen molar-refractivity contribution in [2.24, 2.45) is 0 Å². The highest BCUT2D eigenvalue weighted by atomic mass is 15.1. The van der Waals surface area contributed by atoms with Crippen molar-refractivity contribution < 1.29 is 0 Å². The average Bonchev–Trinajstić information content (AvgIpc) is 2.56. The lowest BCUT2D eigenvalue weighted by Crippen LogP contribution is -2.30. The number of H-pyrrole nitrogens is 1. The third kappa shape index (κ3) is 1.50. The van der Waals surface area contributed by atoms with E-state index in [1.807, 2.05) is 6.20 Å². The molecule has 2 heterocycles. The zero-order valence-corrected chi connectivity index (χ0v) is 7.45. The Labute approximate surface area is 72.8 Å². The van der Waals surface area contributed by atoms with E-state index in [0.717, 1.165) is 0 Å². The Morgan fingerprint density at radius 3 is 3.25 bits per heavy atom. The molecule has 0 amide bonds. The Kier molecular flexibility index (Phi) is 2.13. The van der Waals surface area contributed by atoms with Crippen molar-refractivity contribution in [3.63, 3.8) is 0 Å². The summed E-state index contributed by atoms with van der Waals surface area (Å²) in [6, 6.07) is 2.09. The van der Waals surface area contributed by atoms with Crippen LogP contribution in [-0.2, 0) is 0 Å². The molecular weight excluding hydrogens is 150 g/mol. The molecule has 0 spiro atoms. The summed E-state index contributed by atoms with van der Waals surface area (Å²) in [5, 5.41) is 7.03. The minimum atomic E-state index is 0.672. The number of piperidine rings is 1. The van der Waals surface area contributed by atoms with Crippen molar-refractivity contribution in [3.05, 3.63) is 18.0 Å². The minimum Gasteiger partial charge on any atom is -0.306 e.